The van der Waals surface area contributed by atoms with Gasteiger partial charge in [0, 0.05) is 92.7 Å². The van der Waals surface area contributed by atoms with Gasteiger partial charge in [0.1, 0.15) is 44.7 Å². The molecule has 0 aliphatic heterocycles. The molecule has 7 heterocycles. The fourth-order valence-corrected chi connectivity index (χ4v) is 23.0. The lowest BCUT2D eigenvalue weighted by Crippen LogP contribution is -2.14. The summed E-state index contributed by atoms with van der Waals surface area (Å²) in [6.07, 6.45) is 0. The van der Waals surface area contributed by atoms with Gasteiger partial charge < -0.3 is 17.7 Å². The Balaban J connectivity index is 0.000000107. The van der Waals surface area contributed by atoms with Crippen molar-refractivity contribution in [3.05, 3.63) is 464 Å². The predicted molar refractivity (Wildman–Crippen MR) is 596 cm³/mol. The van der Waals surface area contributed by atoms with Crippen LogP contribution >= 0.6 is 0 Å². The van der Waals surface area contributed by atoms with Crippen molar-refractivity contribution in [2.75, 3.05) is 0 Å². The van der Waals surface area contributed by atoms with Crippen LogP contribution in [0.4, 0.5) is 0 Å². The Morgan fingerprint density at radius 1 is 0.143 bits per heavy atom. The summed E-state index contributed by atoms with van der Waals surface area (Å²) in [6, 6.07) is 150. The third-order valence-electron chi connectivity index (χ3n) is 30.4. The number of aromatic nitrogens is 9. The molecule has 0 radical (unpaired) electrons. The summed E-state index contributed by atoms with van der Waals surface area (Å²) in [5.41, 5.74) is 34.3. The Hall–Kier alpha value is -18.9. The fourth-order valence-electron chi connectivity index (χ4n) is 23.0. The quantitative estimate of drug-likeness (QED) is 0.112. The lowest BCUT2D eigenvalue weighted by molar-refractivity contribution is 0.647. The van der Waals surface area contributed by atoms with E-state index in [2.05, 4.69) is 363 Å². The minimum absolute atomic E-state index is 0.113. The molecule has 0 spiro atoms. The first-order valence-corrected chi connectivity index (χ1v) is 49.9. The van der Waals surface area contributed by atoms with Crippen molar-refractivity contribution in [3.8, 4) is 158 Å². The third-order valence-corrected chi connectivity index (χ3v) is 30.4. The molecule has 0 unspecified atom stereocenters. The van der Waals surface area contributed by atoms with Gasteiger partial charge in [0.2, 0.25) is 0 Å². The van der Waals surface area contributed by atoms with Crippen molar-refractivity contribution < 1.29 is 17.7 Å². The molecule has 20 aromatic carbocycles. The van der Waals surface area contributed by atoms with Crippen LogP contribution in [0, 0.1) is 0 Å². The first-order valence-electron chi connectivity index (χ1n) is 49.9. The van der Waals surface area contributed by atoms with Crippen molar-refractivity contribution in [1.29, 1.82) is 0 Å². The van der Waals surface area contributed by atoms with E-state index >= 15 is 0 Å². The van der Waals surface area contributed by atoms with E-state index < -0.39 is 0 Å². The SMILES string of the molecule is CC1(C)c2ccccc2-c2cc3c(cc21)oc1c(-c2nc(-c4cccc(-c5ccccc5)c4)nc(-c4cccc(-c5ccccc5)c4)n2)cccc13.CC1(C)c2ccccc2-c2cc3c(cc21)oc1c(-c2nc(-c4ccccc4)nc(-c4cc5ccccc5c5ccccc45)n2)cccc13.CC1(C)c2ccccc2-c2cc3c(cc21)oc1c(-c2nc(-c4ccccc4)nc(-c4ccc5oc6ccccc6c5c4)n2)cccc13. The van der Waals surface area contributed by atoms with E-state index in [1.54, 1.807) is 0 Å². The maximum atomic E-state index is 6.80. The van der Waals surface area contributed by atoms with Crippen molar-refractivity contribution in [3.63, 3.8) is 0 Å². The van der Waals surface area contributed by atoms with Crippen molar-refractivity contribution >= 4 is 109 Å². The number of nitrogens with zero attached hydrogens (tertiary/aromatic N) is 9. The van der Waals surface area contributed by atoms with Gasteiger partial charge in [-0.1, -0.05) is 375 Å². The number of furan rings is 4. The molecular weight excluding hydrogens is 1800 g/mol. The molecule has 0 amide bonds. The van der Waals surface area contributed by atoms with E-state index in [1.807, 2.05) is 109 Å². The molecule has 0 saturated heterocycles. The minimum atomic E-state index is -0.123. The van der Waals surface area contributed by atoms with E-state index in [0.717, 1.165) is 171 Å². The lowest BCUT2D eigenvalue weighted by atomic mass is 9.82. The van der Waals surface area contributed by atoms with E-state index in [-0.39, 0.29) is 16.2 Å². The van der Waals surface area contributed by atoms with Gasteiger partial charge in [0.15, 0.2) is 52.4 Å². The average molecular weight is 1890 g/mol. The zero-order valence-corrected chi connectivity index (χ0v) is 81.1. The first-order chi connectivity index (χ1) is 72.1. The van der Waals surface area contributed by atoms with Crippen molar-refractivity contribution in [1.82, 2.24) is 44.9 Å². The number of hydrogen-bond donors (Lipinski definition) is 0. The van der Waals surface area contributed by atoms with Gasteiger partial charge in [-0.05, 0) is 208 Å². The highest BCUT2D eigenvalue weighted by molar-refractivity contribution is 6.17. The van der Waals surface area contributed by atoms with Gasteiger partial charge >= 0.3 is 0 Å². The van der Waals surface area contributed by atoms with E-state index in [0.29, 0.717) is 52.4 Å². The highest BCUT2D eigenvalue weighted by Gasteiger charge is 2.40. The zero-order chi connectivity index (χ0) is 98.1. The van der Waals surface area contributed by atoms with Gasteiger partial charge in [0.25, 0.3) is 0 Å². The van der Waals surface area contributed by atoms with Gasteiger partial charge in [-0.25, -0.2) is 44.9 Å². The van der Waals surface area contributed by atoms with Crippen LogP contribution in [0.15, 0.2) is 448 Å². The van der Waals surface area contributed by atoms with Crippen LogP contribution in [0.2, 0.25) is 0 Å². The maximum absolute atomic E-state index is 6.80. The van der Waals surface area contributed by atoms with E-state index in [9.17, 15) is 0 Å². The Labute approximate surface area is 846 Å². The van der Waals surface area contributed by atoms with Gasteiger partial charge in [-0.15, -0.1) is 0 Å². The minimum Gasteiger partial charge on any atom is -0.456 e. The molecule has 694 valence electrons. The summed E-state index contributed by atoms with van der Waals surface area (Å²) in [6.45, 7) is 13.8. The standard InChI is InChI=1S/C48H33N3O.C44H29N3O.C42H27N3O2/c1-48(2)41-25-10-9-22-36(41)39-28-40-37-23-13-24-38(44(37)52-43(40)29-42(39)48)47-50-45(34-20-11-18-32(26-34)30-14-5-3-6-15-30)49-46(51-47)35-21-12-19-33(27-35)31-16-7-4-8-17-31;1-44(2)37-22-11-10-19-31(37)34-24-35-32-20-12-21-33(40(32)48-39(35)25-38(34)44)42-45-41(26-13-4-3-5-14-26)46-43(47-42)36-23-27-15-6-7-16-28(27)29-17-8-9-18-30(29)36;1-42(2)33-17-8-6-13-26(33)30-22-32-28-15-10-16-29(38(28)47-37(32)23-34(30)42)41-44-39(24-11-4-3-5-12-24)43-40(45-41)25-19-20-36-31(21-25)27-14-7-9-18-35(27)46-36/h3-29H,1-2H3;3-25H,1-2H3;3-23H,1-2H3. The monoisotopic (exact) mass is 1890 g/mol. The molecule has 0 N–H and O–H groups in total. The summed E-state index contributed by atoms with van der Waals surface area (Å²) in [7, 11) is 0. The molecule has 13 nitrogen and oxygen atoms in total. The van der Waals surface area contributed by atoms with Crippen LogP contribution in [-0.2, 0) is 16.2 Å². The van der Waals surface area contributed by atoms with Crippen molar-refractivity contribution in [2.24, 2.45) is 0 Å². The summed E-state index contributed by atoms with van der Waals surface area (Å²) in [4.78, 5) is 46.0. The Bertz CT molecular complexity index is 10000. The average Bonchev–Trinajstić information content (AvgIpc) is 1.56. The summed E-state index contributed by atoms with van der Waals surface area (Å²) in [5, 5.41) is 13.1. The molecule has 3 aliphatic rings. The molecule has 7 aromatic heterocycles. The second-order valence-corrected chi connectivity index (χ2v) is 40.1. The largest absolute Gasteiger partial charge is 0.456 e. The van der Waals surface area contributed by atoms with Crippen LogP contribution in [0.5, 0.6) is 0 Å². The summed E-state index contributed by atoms with van der Waals surface area (Å²) in [5.74, 6) is 5.37. The number of benzene rings is 20. The highest BCUT2D eigenvalue weighted by Crippen LogP contribution is 2.56. The zero-order valence-electron chi connectivity index (χ0n) is 81.1. The van der Waals surface area contributed by atoms with E-state index in [4.69, 9.17) is 62.5 Å². The molecule has 0 fully saturated rings. The van der Waals surface area contributed by atoms with Crippen LogP contribution in [-0.4, -0.2) is 44.9 Å². The molecular formula is C134H89N9O4. The molecule has 13 heteroatoms. The van der Waals surface area contributed by atoms with Crippen LogP contribution in [0.3, 0.4) is 0 Å². The summed E-state index contributed by atoms with van der Waals surface area (Å²) < 4.78 is 26.4. The number of fused-ring (bicyclic) bond motifs is 24. The first kappa shape index (κ1) is 86.1. The molecule has 0 saturated carbocycles. The Morgan fingerprint density at radius 2 is 0.429 bits per heavy atom. The van der Waals surface area contributed by atoms with Crippen LogP contribution in [0.25, 0.3) is 267 Å². The molecule has 27 aromatic rings. The summed E-state index contributed by atoms with van der Waals surface area (Å²) >= 11 is 0. The van der Waals surface area contributed by atoms with Crippen LogP contribution in [0.1, 0.15) is 74.9 Å². The lowest BCUT2D eigenvalue weighted by Gasteiger charge is -2.21. The Morgan fingerprint density at radius 3 is 0.857 bits per heavy atom. The van der Waals surface area contributed by atoms with Crippen molar-refractivity contribution in [2.45, 2.75) is 57.8 Å². The van der Waals surface area contributed by atoms with Gasteiger partial charge in [0.05, 0.1) is 16.7 Å². The number of rotatable bonds is 11. The van der Waals surface area contributed by atoms with Crippen LogP contribution < -0.4 is 0 Å². The fraction of sp³-hybridized carbons (Fsp3) is 0.0672. The van der Waals surface area contributed by atoms with Gasteiger partial charge in [-0.2, -0.15) is 0 Å². The maximum Gasteiger partial charge on any atom is 0.167 e. The number of hydrogen-bond acceptors (Lipinski definition) is 13. The number of para-hydroxylation sites is 4. The molecule has 0 atom stereocenters. The predicted octanol–water partition coefficient (Wildman–Crippen LogP) is 34.8. The molecule has 147 heavy (non-hydrogen) atoms. The molecule has 30 rings (SSSR count). The molecule has 0 bridgehead atoms. The van der Waals surface area contributed by atoms with E-state index in [1.165, 1.54) is 77.5 Å². The van der Waals surface area contributed by atoms with Gasteiger partial charge in [-0.3, -0.25) is 0 Å². The normalized spacial score (nSPS) is 13.3. The third kappa shape index (κ3) is 14.2. The smallest absolute Gasteiger partial charge is 0.167 e. The Kier molecular flexibility index (Phi) is 19.7. The highest BCUT2D eigenvalue weighted by atomic mass is 16.3. The second-order valence-electron chi connectivity index (χ2n) is 40.1. The second kappa shape index (κ2) is 33.7. The topological polar surface area (TPSA) is 169 Å². The molecule has 3 aliphatic carbocycles.